The number of rotatable bonds is 3. The normalized spacial score (nSPS) is 24.6. The Bertz CT molecular complexity index is 846. The second-order valence-corrected chi connectivity index (χ2v) is 8.83. The Labute approximate surface area is 173 Å². The molecule has 1 saturated carbocycles. The maximum atomic E-state index is 13.4. The van der Waals surface area contributed by atoms with Crippen LogP contribution in [0.4, 0.5) is 11.4 Å². The van der Waals surface area contributed by atoms with Gasteiger partial charge in [-0.05, 0) is 43.0 Å². The Morgan fingerprint density at radius 3 is 2.48 bits per heavy atom. The van der Waals surface area contributed by atoms with Crippen LogP contribution in [0.2, 0.25) is 0 Å². The zero-order chi connectivity index (χ0) is 19.6. The van der Waals surface area contributed by atoms with E-state index < -0.39 is 0 Å². The summed E-state index contributed by atoms with van der Waals surface area (Å²) in [6.07, 6.45) is 6.93. The average molecular weight is 390 g/mol. The minimum absolute atomic E-state index is 0.0124. The van der Waals surface area contributed by atoms with E-state index in [1.807, 2.05) is 0 Å². The van der Waals surface area contributed by atoms with Gasteiger partial charge in [-0.2, -0.15) is 0 Å². The Balaban J connectivity index is 1.40. The topological polar surface area (TPSA) is 35.6 Å². The molecule has 4 heteroatoms. The number of anilines is 2. The van der Waals surface area contributed by atoms with Crippen LogP contribution in [-0.2, 0) is 11.2 Å². The minimum Gasteiger partial charge on any atom is -0.368 e. The van der Waals surface area contributed by atoms with Crippen LogP contribution in [0.25, 0.3) is 0 Å². The molecule has 3 aliphatic rings. The van der Waals surface area contributed by atoms with Crippen LogP contribution in [-0.4, -0.2) is 37.6 Å². The molecule has 1 N–H and O–H groups in total. The number of amides is 1. The highest BCUT2D eigenvalue weighted by molar-refractivity contribution is 5.82. The lowest BCUT2D eigenvalue weighted by Gasteiger charge is -2.50. The molecule has 2 fully saturated rings. The van der Waals surface area contributed by atoms with Crippen molar-refractivity contribution in [2.75, 3.05) is 29.4 Å². The molecule has 1 aliphatic carbocycles. The number of carbonyl (C=O) groups is 1. The van der Waals surface area contributed by atoms with Crippen LogP contribution in [0.5, 0.6) is 0 Å². The van der Waals surface area contributed by atoms with Gasteiger partial charge in [0.25, 0.3) is 0 Å². The molecule has 0 radical (unpaired) electrons. The smallest absolute Gasteiger partial charge is 0.225 e. The van der Waals surface area contributed by atoms with Crippen LogP contribution < -0.4 is 15.1 Å². The summed E-state index contributed by atoms with van der Waals surface area (Å²) in [4.78, 5) is 18.4. The average Bonchev–Trinajstić information content (AvgIpc) is 2.79. The van der Waals surface area contributed by atoms with E-state index in [9.17, 15) is 4.79 Å². The van der Waals surface area contributed by atoms with Gasteiger partial charge in [-0.1, -0.05) is 55.7 Å². The van der Waals surface area contributed by atoms with Crippen molar-refractivity contribution in [3.8, 4) is 0 Å². The zero-order valence-electron chi connectivity index (χ0n) is 17.1. The summed E-state index contributed by atoms with van der Waals surface area (Å²) in [5, 5.41) is 3.42. The number of carbonyl (C=O) groups excluding carboxylic acids is 1. The SMILES string of the molecule is O=C(NC1CCCCC1)[C@@H]1Cc2ccccc2N2CCN(c3ccccc3)C[C@@H]12. The van der Waals surface area contributed by atoms with Gasteiger partial charge in [-0.15, -0.1) is 0 Å². The molecule has 29 heavy (non-hydrogen) atoms. The summed E-state index contributed by atoms with van der Waals surface area (Å²) in [5.74, 6) is 0.273. The summed E-state index contributed by atoms with van der Waals surface area (Å²) >= 11 is 0. The first-order chi connectivity index (χ1) is 14.3. The third-order valence-corrected chi connectivity index (χ3v) is 7.03. The molecule has 1 amide bonds. The molecule has 2 aromatic rings. The molecule has 0 spiro atoms. The molecule has 0 aromatic heterocycles. The van der Waals surface area contributed by atoms with Crippen LogP contribution in [0, 0.1) is 5.92 Å². The highest BCUT2D eigenvalue weighted by Gasteiger charge is 2.41. The highest BCUT2D eigenvalue weighted by atomic mass is 16.2. The lowest BCUT2D eigenvalue weighted by Crippen LogP contribution is -2.61. The summed E-state index contributed by atoms with van der Waals surface area (Å²) in [5.41, 5.74) is 3.91. The molecule has 5 rings (SSSR count). The van der Waals surface area contributed by atoms with Gasteiger partial charge in [0.05, 0.1) is 12.0 Å². The second kappa shape index (κ2) is 8.10. The van der Waals surface area contributed by atoms with Gasteiger partial charge in [-0.25, -0.2) is 0 Å². The predicted octanol–water partition coefficient (Wildman–Crippen LogP) is 4.00. The fourth-order valence-electron chi connectivity index (χ4n) is 5.49. The van der Waals surface area contributed by atoms with Crippen LogP contribution >= 0.6 is 0 Å². The fraction of sp³-hybridized carbons (Fsp3) is 0.480. The number of nitrogens with one attached hydrogen (secondary N) is 1. The van der Waals surface area contributed by atoms with Gasteiger partial charge >= 0.3 is 0 Å². The van der Waals surface area contributed by atoms with Crippen molar-refractivity contribution in [2.45, 2.75) is 50.6 Å². The molecular weight excluding hydrogens is 358 g/mol. The van der Waals surface area contributed by atoms with E-state index in [2.05, 4.69) is 69.7 Å². The van der Waals surface area contributed by atoms with E-state index in [0.717, 1.165) is 38.9 Å². The fourth-order valence-corrected chi connectivity index (χ4v) is 5.49. The number of benzene rings is 2. The minimum atomic E-state index is 0.0124. The molecule has 152 valence electrons. The van der Waals surface area contributed by atoms with E-state index in [-0.39, 0.29) is 17.9 Å². The van der Waals surface area contributed by atoms with Crippen molar-refractivity contribution in [3.63, 3.8) is 0 Å². The first kappa shape index (κ1) is 18.5. The Morgan fingerprint density at radius 2 is 1.66 bits per heavy atom. The van der Waals surface area contributed by atoms with Gasteiger partial charge in [0.1, 0.15) is 0 Å². The highest BCUT2D eigenvalue weighted by Crippen LogP contribution is 2.37. The van der Waals surface area contributed by atoms with Gasteiger partial charge in [0.2, 0.25) is 5.91 Å². The Hall–Kier alpha value is -2.49. The van der Waals surface area contributed by atoms with Crippen molar-refractivity contribution >= 4 is 17.3 Å². The first-order valence-electron chi connectivity index (χ1n) is 11.2. The van der Waals surface area contributed by atoms with Crippen LogP contribution in [0.3, 0.4) is 0 Å². The van der Waals surface area contributed by atoms with Gasteiger partial charge < -0.3 is 15.1 Å². The van der Waals surface area contributed by atoms with Gasteiger partial charge in [-0.3, -0.25) is 4.79 Å². The number of hydrogen-bond donors (Lipinski definition) is 1. The molecule has 2 aliphatic heterocycles. The summed E-state index contributed by atoms with van der Waals surface area (Å²) in [7, 11) is 0. The third-order valence-electron chi connectivity index (χ3n) is 7.03. The van der Waals surface area contributed by atoms with Gasteiger partial charge in [0, 0.05) is 37.1 Å². The van der Waals surface area contributed by atoms with Gasteiger partial charge in [0.15, 0.2) is 0 Å². The molecule has 0 bridgehead atoms. The number of hydrogen-bond acceptors (Lipinski definition) is 3. The summed E-state index contributed by atoms with van der Waals surface area (Å²) in [6.45, 7) is 2.86. The van der Waals surface area contributed by atoms with E-state index in [4.69, 9.17) is 0 Å². The molecular formula is C25H31N3O. The molecule has 2 atom stereocenters. The van der Waals surface area contributed by atoms with Crippen LogP contribution in [0.1, 0.15) is 37.7 Å². The van der Waals surface area contributed by atoms with E-state index >= 15 is 0 Å². The monoisotopic (exact) mass is 389 g/mol. The molecule has 1 saturated heterocycles. The maximum absolute atomic E-state index is 13.4. The first-order valence-corrected chi connectivity index (χ1v) is 11.2. The number of piperazine rings is 1. The maximum Gasteiger partial charge on any atom is 0.225 e. The summed E-state index contributed by atoms with van der Waals surface area (Å²) < 4.78 is 0. The predicted molar refractivity (Wildman–Crippen MR) is 118 cm³/mol. The Kier molecular flexibility index (Phi) is 5.17. The van der Waals surface area contributed by atoms with E-state index in [1.165, 1.54) is 36.2 Å². The van der Waals surface area contributed by atoms with Crippen molar-refractivity contribution in [3.05, 3.63) is 60.2 Å². The van der Waals surface area contributed by atoms with E-state index in [1.54, 1.807) is 0 Å². The van der Waals surface area contributed by atoms with Crippen molar-refractivity contribution < 1.29 is 4.79 Å². The quantitative estimate of drug-likeness (QED) is 0.862. The van der Waals surface area contributed by atoms with E-state index in [0.29, 0.717) is 6.04 Å². The largest absolute Gasteiger partial charge is 0.368 e. The molecule has 4 nitrogen and oxygen atoms in total. The number of fused-ring (bicyclic) bond motifs is 3. The van der Waals surface area contributed by atoms with Crippen molar-refractivity contribution in [1.82, 2.24) is 5.32 Å². The third kappa shape index (κ3) is 3.73. The standard InChI is InChI=1S/C25H31N3O/c29-25(26-20-10-3-1-4-11-20)22-17-19-9-7-8-14-23(19)28-16-15-27(18-24(22)28)21-12-5-2-6-13-21/h2,5-9,12-14,20,22,24H,1,3-4,10-11,15-18H2,(H,26,29)/t22-,24+/m1/s1. The summed E-state index contributed by atoms with van der Waals surface area (Å²) in [6, 6.07) is 19.9. The number of nitrogens with zero attached hydrogens (tertiary/aromatic N) is 2. The van der Waals surface area contributed by atoms with Crippen LogP contribution in [0.15, 0.2) is 54.6 Å². The molecule has 2 aromatic carbocycles. The lowest BCUT2D eigenvalue weighted by atomic mass is 9.82. The zero-order valence-corrected chi connectivity index (χ0v) is 17.1. The number of para-hydroxylation sites is 2. The second-order valence-electron chi connectivity index (χ2n) is 8.83. The Morgan fingerprint density at radius 1 is 0.897 bits per heavy atom. The molecule has 2 heterocycles. The van der Waals surface area contributed by atoms with Crippen molar-refractivity contribution in [1.29, 1.82) is 0 Å². The lowest BCUT2D eigenvalue weighted by molar-refractivity contribution is -0.126. The molecule has 0 unspecified atom stereocenters. The van der Waals surface area contributed by atoms with Crippen molar-refractivity contribution in [2.24, 2.45) is 5.92 Å².